The molecule has 1 saturated heterocycles. The van der Waals surface area contributed by atoms with Crippen LogP contribution in [0.25, 0.3) is 10.9 Å². The summed E-state index contributed by atoms with van der Waals surface area (Å²) in [7, 11) is 3.58. The van der Waals surface area contributed by atoms with Crippen molar-refractivity contribution in [1.82, 2.24) is 9.88 Å². The van der Waals surface area contributed by atoms with E-state index in [4.69, 9.17) is 9.47 Å². The predicted octanol–water partition coefficient (Wildman–Crippen LogP) is 3.49. The third-order valence-electron chi connectivity index (χ3n) is 5.12. The van der Waals surface area contributed by atoms with Crippen LogP contribution < -0.4 is 4.74 Å². The molecule has 4 heteroatoms. The van der Waals surface area contributed by atoms with Gasteiger partial charge in [-0.1, -0.05) is 0 Å². The fourth-order valence-electron chi connectivity index (χ4n) is 3.39. The zero-order valence-corrected chi connectivity index (χ0v) is 14.0. The van der Waals surface area contributed by atoms with Gasteiger partial charge in [-0.15, -0.1) is 0 Å². The number of ether oxygens (including phenoxy) is 2. The minimum atomic E-state index is 0.0390. The van der Waals surface area contributed by atoms with Crippen molar-refractivity contribution in [2.75, 3.05) is 27.3 Å². The highest BCUT2D eigenvalue weighted by molar-refractivity contribution is 5.88. The molecule has 3 rings (SSSR count). The van der Waals surface area contributed by atoms with E-state index in [1.807, 2.05) is 13.3 Å². The van der Waals surface area contributed by atoms with Gasteiger partial charge in [0.25, 0.3) is 0 Å². The number of methoxy groups -OCH3 is 2. The Balaban J connectivity index is 1.85. The smallest absolute Gasteiger partial charge is 0.124 e. The van der Waals surface area contributed by atoms with Gasteiger partial charge in [0.05, 0.1) is 12.7 Å². The third kappa shape index (κ3) is 2.73. The number of aromatic nitrogens is 1. The summed E-state index contributed by atoms with van der Waals surface area (Å²) in [6.45, 7) is 7.38. The standard InChI is InChI=1S/C18H26N2O2/c1-13-11-16(21-3)15(14-5-8-19-17(13)14)12-20-9-6-18(2,22-4)7-10-20/h5,8,11,19H,6-7,9-10,12H2,1-4H3. The van der Waals surface area contributed by atoms with Crippen LogP contribution in [0.2, 0.25) is 0 Å². The average Bonchev–Trinajstić information content (AvgIpc) is 3.02. The number of likely N-dealkylation sites (tertiary alicyclic amines) is 1. The van der Waals surface area contributed by atoms with E-state index in [0.29, 0.717) is 0 Å². The van der Waals surface area contributed by atoms with Gasteiger partial charge in [0.2, 0.25) is 0 Å². The molecule has 0 radical (unpaired) electrons. The maximum absolute atomic E-state index is 5.64. The van der Waals surface area contributed by atoms with Crippen LogP contribution in [0, 0.1) is 6.92 Å². The summed E-state index contributed by atoms with van der Waals surface area (Å²) in [5, 5.41) is 1.27. The van der Waals surface area contributed by atoms with Gasteiger partial charge in [0.15, 0.2) is 0 Å². The molecular weight excluding hydrogens is 276 g/mol. The molecule has 1 aromatic heterocycles. The Morgan fingerprint density at radius 1 is 1.27 bits per heavy atom. The monoisotopic (exact) mass is 302 g/mol. The van der Waals surface area contributed by atoms with Gasteiger partial charge in [-0.05, 0) is 44.4 Å². The maximum Gasteiger partial charge on any atom is 0.124 e. The van der Waals surface area contributed by atoms with E-state index in [1.165, 1.54) is 22.0 Å². The first-order chi connectivity index (χ1) is 10.6. The van der Waals surface area contributed by atoms with Crippen LogP contribution in [0.3, 0.4) is 0 Å². The van der Waals surface area contributed by atoms with E-state index in [1.54, 1.807) is 7.11 Å². The molecule has 0 atom stereocenters. The number of nitrogens with one attached hydrogen (secondary N) is 1. The second kappa shape index (κ2) is 5.94. The Bertz CT molecular complexity index is 654. The lowest BCUT2D eigenvalue weighted by Gasteiger charge is -2.38. The number of nitrogens with zero attached hydrogens (tertiary/aromatic N) is 1. The van der Waals surface area contributed by atoms with Gasteiger partial charge in [-0.3, -0.25) is 4.90 Å². The number of piperidine rings is 1. The molecule has 1 aliphatic rings. The van der Waals surface area contributed by atoms with Crippen LogP contribution >= 0.6 is 0 Å². The van der Waals surface area contributed by atoms with Gasteiger partial charge < -0.3 is 14.5 Å². The number of benzene rings is 1. The average molecular weight is 302 g/mol. The quantitative estimate of drug-likeness (QED) is 0.939. The molecule has 1 aromatic carbocycles. The highest BCUT2D eigenvalue weighted by Gasteiger charge is 2.30. The molecule has 22 heavy (non-hydrogen) atoms. The van der Waals surface area contributed by atoms with Crippen LogP contribution in [0.1, 0.15) is 30.9 Å². The number of hydrogen-bond donors (Lipinski definition) is 1. The van der Waals surface area contributed by atoms with Gasteiger partial charge in [-0.2, -0.15) is 0 Å². The molecule has 120 valence electrons. The number of hydrogen-bond acceptors (Lipinski definition) is 3. The van der Waals surface area contributed by atoms with Crippen LogP contribution in [0.15, 0.2) is 18.3 Å². The summed E-state index contributed by atoms with van der Waals surface area (Å²) in [6.07, 6.45) is 4.17. The summed E-state index contributed by atoms with van der Waals surface area (Å²) in [5.74, 6) is 0.990. The fraction of sp³-hybridized carbons (Fsp3) is 0.556. The topological polar surface area (TPSA) is 37.5 Å². The van der Waals surface area contributed by atoms with Crippen LogP contribution in [-0.4, -0.2) is 42.8 Å². The molecule has 0 amide bonds. The van der Waals surface area contributed by atoms with Crippen molar-refractivity contribution in [2.45, 2.75) is 38.8 Å². The first-order valence-corrected chi connectivity index (χ1v) is 7.97. The summed E-state index contributed by atoms with van der Waals surface area (Å²) < 4.78 is 11.3. The Kier molecular flexibility index (Phi) is 4.15. The van der Waals surface area contributed by atoms with Crippen LogP contribution in [0.5, 0.6) is 5.75 Å². The number of aryl methyl sites for hydroxylation is 1. The summed E-state index contributed by atoms with van der Waals surface area (Å²) >= 11 is 0. The fourth-order valence-corrected chi connectivity index (χ4v) is 3.39. The Morgan fingerprint density at radius 3 is 2.64 bits per heavy atom. The molecule has 0 bridgehead atoms. The van der Waals surface area contributed by atoms with E-state index >= 15 is 0 Å². The second-order valence-corrected chi connectivity index (χ2v) is 6.57. The summed E-state index contributed by atoms with van der Waals surface area (Å²) in [6, 6.07) is 4.29. The van der Waals surface area contributed by atoms with Crippen molar-refractivity contribution in [2.24, 2.45) is 0 Å². The zero-order chi connectivity index (χ0) is 15.7. The first-order valence-electron chi connectivity index (χ1n) is 7.97. The number of rotatable bonds is 4. The van der Waals surface area contributed by atoms with Gasteiger partial charge in [-0.25, -0.2) is 0 Å². The summed E-state index contributed by atoms with van der Waals surface area (Å²) in [5.41, 5.74) is 3.77. The molecule has 1 fully saturated rings. The molecule has 0 spiro atoms. The molecule has 0 aliphatic carbocycles. The van der Waals surface area contributed by atoms with Gasteiger partial charge in [0, 0.05) is 49.4 Å². The lowest BCUT2D eigenvalue weighted by Crippen LogP contribution is -2.43. The molecule has 1 N–H and O–H groups in total. The zero-order valence-electron chi connectivity index (χ0n) is 14.0. The Morgan fingerprint density at radius 2 is 2.00 bits per heavy atom. The SMILES string of the molecule is COc1cc(C)c2[nH]ccc2c1CN1CCC(C)(OC)CC1. The van der Waals surface area contributed by atoms with E-state index in [0.717, 1.165) is 38.2 Å². The van der Waals surface area contributed by atoms with Gasteiger partial charge >= 0.3 is 0 Å². The molecule has 4 nitrogen and oxygen atoms in total. The molecular formula is C18H26N2O2. The van der Waals surface area contributed by atoms with Crippen molar-refractivity contribution in [3.8, 4) is 5.75 Å². The molecule has 2 aromatic rings. The maximum atomic E-state index is 5.64. The van der Waals surface area contributed by atoms with Gasteiger partial charge in [0.1, 0.15) is 5.75 Å². The van der Waals surface area contributed by atoms with E-state index in [-0.39, 0.29) is 5.60 Å². The van der Waals surface area contributed by atoms with Crippen molar-refractivity contribution >= 4 is 10.9 Å². The third-order valence-corrected chi connectivity index (χ3v) is 5.12. The highest BCUT2D eigenvalue weighted by atomic mass is 16.5. The van der Waals surface area contributed by atoms with E-state index in [2.05, 4.69) is 35.9 Å². The van der Waals surface area contributed by atoms with Crippen molar-refractivity contribution in [1.29, 1.82) is 0 Å². The van der Waals surface area contributed by atoms with Crippen LogP contribution in [0.4, 0.5) is 0 Å². The minimum absolute atomic E-state index is 0.0390. The van der Waals surface area contributed by atoms with Crippen molar-refractivity contribution in [3.63, 3.8) is 0 Å². The second-order valence-electron chi connectivity index (χ2n) is 6.57. The largest absolute Gasteiger partial charge is 0.496 e. The summed E-state index contributed by atoms with van der Waals surface area (Å²) in [4.78, 5) is 5.85. The first kappa shape index (κ1) is 15.4. The normalized spacial score (nSPS) is 18.7. The van der Waals surface area contributed by atoms with Crippen molar-refractivity contribution in [3.05, 3.63) is 29.5 Å². The number of fused-ring (bicyclic) bond motifs is 1. The molecule has 2 heterocycles. The van der Waals surface area contributed by atoms with Crippen molar-refractivity contribution < 1.29 is 9.47 Å². The Hall–Kier alpha value is -1.52. The predicted molar refractivity (Wildman–Crippen MR) is 89.5 cm³/mol. The Labute approximate surface area is 132 Å². The molecule has 0 saturated carbocycles. The lowest BCUT2D eigenvalue weighted by atomic mass is 9.93. The van der Waals surface area contributed by atoms with E-state index in [9.17, 15) is 0 Å². The van der Waals surface area contributed by atoms with E-state index < -0.39 is 0 Å². The lowest BCUT2D eigenvalue weighted by molar-refractivity contribution is -0.0440. The molecule has 0 unspecified atom stereocenters. The van der Waals surface area contributed by atoms with Crippen LogP contribution in [-0.2, 0) is 11.3 Å². The number of aromatic amines is 1. The number of H-pyrrole nitrogens is 1. The minimum Gasteiger partial charge on any atom is -0.496 e. The molecule has 1 aliphatic heterocycles. The highest BCUT2D eigenvalue weighted by Crippen LogP contribution is 2.33.